The second-order valence-electron chi connectivity index (χ2n) is 7.42. The molecule has 3 aromatic heterocycles. The fraction of sp³-hybridized carbons (Fsp3) is 0.364. The molecular weight excluding hydrogens is 366 g/mol. The minimum absolute atomic E-state index is 0.0908. The van der Waals surface area contributed by atoms with Gasteiger partial charge < -0.3 is 9.80 Å². The molecule has 1 aliphatic rings. The number of amides is 2. The first-order valence-electron chi connectivity index (χ1n) is 10.1. The van der Waals surface area contributed by atoms with Gasteiger partial charge in [-0.25, -0.2) is 4.98 Å². The van der Waals surface area contributed by atoms with Crippen molar-refractivity contribution in [2.45, 2.75) is 25.7 Å². The van der Waals surface area contributed by atoms with Crippen molar-refractivity contribution in [2.24, 2.45) is 0 Å². The van der Waals surface area contributed by atoms with Crippen LogP contribution in [0.4, 0.5) is 0 Å². The molecule has 29 heavy (non-hydrogen) atoms. The summed E-state index contributed by atoms with van der Waals surface area (Å²) in [5.41, 5.74) is 2.15. The third-order valence-corrected chi connectivity index (χ3v) is 5.42. The van der Waals surface area contributed by atoms with Crippen LogP contribution >= 0.6 is 0 Å². The molecule has 0 atom stereocenters. The highest BCUT2D eigenvalue weighted by molar-refractivity contribution is 6.02. The molecule has 7 heteroatoms. The van der Waals surface area contributed by atoms with Gasteiger partial charge in [-0.15, -0.1) is 0 Å². The van der Waals surface area contributed by atoms with Gasteiger partial charge in [-0.2, -0.15) is 0 Å². The zero-order valence-corrected chi connectivity index (χ0v) is 16.6. The van der Waals surface area contributed by atoms with Crippen molar-refractivity contribution in [1.29, 1.82) is 0 Å². The summed E-state index contributed by atoms with van der Waals surface area (Å²) in [4.78, 5) is 38.2. The molecule has 1 aliphatic heterocycles. The lowest BCUT2D eigenvalue weighted by molar-refractivity contribution is 0.0720. The summed E-state index contributed by atoms with van der Waals surface area (Å²) < 4.78 is 1.72. The first-order chi connectivity index (χ1) is 14.1. The molecule has 0 radical (unpaired) electrons. The van der Waals surface area contributed by atoms with Crippen LogP contribution in [0.5, 0.6) is 0 Å². The predicted molar refractivity (Wildman–Crippen MR) is 110 cm³/mol. The van der Waals surface area contributed by atoms with Gasteiger partial charge in [0, 0.05) is 45.3 Å². The average molecular weight is 391 g/mol. The molecule has 150 valence electrons. The number of carbonyl (C=O) groups excluding carboxylic acids is 2. The molecule has 0 N–H and O–H groups in total. The Labute approximate surface area is 170 Å². The van der Waals surface area contributed by atoms with E-state index in [9.17, 15) is 9.59 Å². The van der Waals surface area contributed by atoms with Crippen LogP contribution in [-0.4, -0.2) is 62.7 Å². The molecule has 0 aromatic carbocycles. The van der Waals surface area contributed by atoms with E-state index in [1.54, 1.807) is 34.9 Å². The minimum atomic E-state index is -0.196. The zero-order valence-electron chi connectivity index (χ0n) is 16.6. The molecule has 0 unspecified atom stereocenters. The van der Waals surface area contributed by atoms with Crippen LogP contribution in [0.15, 0.2) is 48.9 Å². The summed E-state index contributed by atoms with van der Waals surface area (Å²) in [6.45, 7) is 2.06. The van der Waals surface area contributed by atoms with Crippen molar-refractivity contribution in [3.8, 4) is 0 Å². The molecular formula is C22H25N5O2. The van der Waals surface area contributed by atoms with Crippen LogP contribution in [-0.2, 0) is 6.42 Å². The highest BCUT2D eigenvalue weighted by Gasteiger charge is 2.27. The third-order valence-electron chi connectivity index (χ3n) is 5.42. The normalized spacial score (nSPS) is 14.2. The first-order valence-corrected chi connectivity index (χ1v) is 10.1. The molecule has 0 saturated carbocycles. The van der Waals surface area contributed by atoms with Gasteiger partial charge >= 0.3 is 0 Å². The van der Waals surface area contributed by atoms with E-state index < -0.39 is 0 Å². The molecule has 4 heterocycles. The average Bonchev–Trinajstić information content (AvgIpc) is 3.17. The summed E-state index contributed by atoms with van der Waals surface area (Å²) in [5.74, 6) is -0.0111. The van der Waals surface area contributed by atoms with Crippen molar-refractivity contribution in [1.82, 2.24) is 24.2 Å². The van der Waals surface area contributed by atoms with Gasteiger partial charge in [0.1, 0.15) is 0 Å². The topological polar surface area (TPSA) is 70.8 Å². The molecule has 1 saturated heterocycles. The summed E-state index contributed by atoms with van der Waals surface area (Å²) in [7, 11) is 1.76. The van der Waals surface area contributed by atoms with Gasteiger partial charge in [-0.05, 0) is 55.5 Å². The number of aromatic nitrogens is 3. The number of likely N-dealkylation sites (tertiary alicyclic amines) is 1. The lowest BCUT2D eigenvalue weighted by atomic mass is 10.1. The third kappa shape index (κ3) is 3.99. The van der Waals surface area contributed by atoms with Crippen LogP contribution in [0.2, 0.25) is 0 Å². The van der Waals surface area contributed by atoms with Gasteiger partial charge in [0.05, 0.1) is 5.52 Å². The van der Waals surface area contributed by atoms with Crippen LogP contribution < -0.4 is 0 Å². The SMILES string of the molecule is CN(CCc1ccncc1)C(=O)c1nc(C(=O)N2CCCCC2)c2ccccn12. The highest BCUT2D eigenvalue weighted by Crippen LogP contribution is 2.19. The van der Waals surface area contributed by atoms with E-state index in [1.165, 1.54) is 0 Å². The van der Waals surface area contributed by atoms with Gasteiger partial charge in [0.2, 0.25) is 5.82 Å². The Bertz CT molecular complexity index is 1010. The predicted octanol–water partition coefficient (Wildman–Crippen LogP) is 2.67. The molecule has 4 rings (SSSR count). The van der Waals surface area contributed by atoms with Crippen molar-refractivity contribution in [2.75, 3.05) is 26.7 Å². The number of piperidine rings is 1. The van der Waals surface area contributed by atoms with Gasteiger partial charge in [-0.3, -0.25) is 19.0 Å². The summed E-state index contributed by atoms with van der Waals surface area (Å²) in [6, 6.07) is 9.44. The van der Waals surface area contributed by atoms with Crippen LogP contribution in [0.25, 0.3) is 5.52 Å². The fourth-order valence-electron chi connectivity index (χ4n) is 3.71. The Morgan fingerprint density at radius 1 is 1.07 bits per heavy atom. The Balaban J connectivity index is 1.58. The number of imidazole rings is 1. The monoisotopic (exact) mass is 391 g/mol. The van der Waals surface area contributed by atoms with E-state index in [1.807, 2.05) is 35.2 Å². The fourth-order valence-corrected chi connectivity index (χ4v) is 3.71. The lowest BCUT2D eigenvalue weighted by Gasteiger charge is -2.25. The van der Waals surface area contributed by atoms with Crippen molar-refractivity contribution >= 4 is 17.3 Å². The Kier molecular flexibility index (Phi) is 5.55. The first kappa shape index (κ1) is 19.1. The standard InChI is InChI=1S/C22H25N5O2/c1-25(16-10-17-8-11-23-12-9-17)22(29)20-24-19(18-7-3-6-15-27(18)20)21(28)26-13-4-2-5-14-26/h3,6-9,11-12,15H,2,4-5,10,13-14,16H2,1H3. The number of hydrogen-bond acceptors (Lipinski definition) is 4. The van der Waals surface area contributed by atoms with E-state index in [0.29, 0.717) is 17.8 Å². The number of rotatable bonds is 5. The zero-order chi connectivity index (χ0) is 20.2. The van der Waals surface area contributed by atoms with Crippen molar-refractivity contribution in [3.05, 3.63) is 66.0 Å². The maximum Gasteiger partial charge on any atom is 0.290 e. The smallest absolute Gasteiger partial charge is 0.290 e. The van der Waals surface area contributed by atoms with Gasteiger partial charge in [0.25, 0.3) is 11.8 Å². The van der Waals surface area contributed by atoms with E-state index in [-0.39, 0.29) is 17.6 Å². The second kappa shape index (κ2) is 8.43. The van der Waals surface area contributed by atoms with Crippen LogP contribution in [0.1, 0.15) is 45.9 Å². The molecule has 0 bridgehead atoms. The molecule has 3 aromatic rings. The molecule has 1 fully saturated rings. The quantitative estimate of drug-likeness (QED) is 0.670. The van der Waals surface area contributed by atoms with Crippen molar-refractivity contribution in [3.63, 3.8) is 0 Å². The number of hydrogen-bond donors (Lipinski definition) is 0. The number of pyridine rings is 2. The number of nitrogens with zero attached hydrogens (tertiary/aromatic N) is 5. The second-order valence-corrected chi connectivity index (χ2v) is 7.42. The number of likely N-dealkylation sites (N-methyl/N-ethyl adjacent to an activating group) is 1. The molecule has 7 nitrogen and oxygen atoms in total. The lowest BCUT2D eigenvalue weighted by Crippen LogP contribution is -2.36. The highest BCUT2D eigenvalue weighted by atomic mass is 16.2. The summed E-state index contributed by atoms with van der Waals surface area (Å²) >= 11 is 0. The van der Waals surface area contributed by atoms with E-state index in [2.05, 4.69) is 9.97 Å². The Morgan fingerprint density at radius 3 is 2.59 bits per heavy atom. The molecule has 0 aliphatic carbocycles. The Hall–Kier alpha value is -3.22. The number of carbonyl (C=O) groups is 2. The summed E-state index contributed by atoms with van der Waals surface area (Å²) in [6.07, 6.45) is 9.20. The van der Waals surface area contributed by atoms with E-state index in [0.717, 1.165) is 44.3 Å². The van der Waals surface area contributed by atoms with E-state index >= 15 is 0 Å². The molecule has 2 amide bonds. The van der Waals surface area contributed by atoms with Gasteiger partial charge in [0.15, 0.2) is 5.69 Å². The van der Waals surface area contributed by atoms with Crippen molar-refractivity contribution < 1.29 is 9.59 Å². The van der Waals surface area contributed by atoms with Crippen LogP contribution in [0, 0.1) is 0 Å². The summed E-state index contributed by atoms with van der Waals surface area (Å²) in [5, 5.41) is 0. The van der Waals surface area contributed by atoms with Gasteiger partial charge in [-0.1, -0.05) is 6.07 Å². The maximum absolute atomic E-state index is 13.1. The Morgan fingerprint density at radius 2 is 1.83 bits per heavy atom. The molecule has 0 spiro atoms. The number of fused-ring (bicyclic) bond motifs is 1. The maximum atomic E-state index is 13.1. The van der Waals surface area contributed by atoms with Crippen LogP contribution in [0.3, 0.4) is 0 Å². The minimum Gasteiger partial charge on any atom is -0.339 e. The van der Waals surface area contributed by atoms with E-state index in [4.69, 9.17) is 0 Å². The largest absolute Gasteiger partial charge is 0.339 e.